The van der Waals surface area contributed by atoms with Crippen molar-refractivity contribution in [2.24, 2.45) is 0 Å². The second-order valence-corrected chi connectivity index (χ2v) is 9.69. The Morgan fingerprint density at radius 2 is 1.73 bits per heavy atom. The SMILES string of the molecule is CCOc1ccc(C(O)=C2C(=O)C(=O)N(c3nc4ccc(Cl)cc4s3)C2c2cccc(OCC)c2)cc1. The topological polar surface area (TPSA) is 89.0 Å². The predicted octanol–water partition coefficient (Wildman–Crippen LogP) is 6.37. The number of anilines is 1. The van der Waals surface area contributed by atoms with Crippen LogP contribution in [0, 0.1) is 0 Å². The van der Waals surface area contributed by atoms with Crippen molar-refractivity contribution in [1.82, 2.24) is 4.98 Å². The van der Waals surface area contributed by atoms with E-state index in [1.54, 1.807) is 66.7 Å². The highest BCUT2D eigenvalue weighted by atomic mass is 35.5. The number of benzene rings is 3. The molecule has 2 heterocycles. The van der Waals surface area contributed by atoms with Gasteiger partial charge in [-0.25, -0.2) is 4.98 Å². The van der Waals surface area contributed by atoms with Crippen molar-refractivity contribution in [3.8, 4) is 11.5 Å². The van der Waals surface area contributed by atoms with E-state index in [4.69, 9.17) is 21.1 Å². The number of hydrogen-bond acceptors (Lipinski definition) is 7. The maximum absolute atomic E-state index is 13.4. The molecule has 37 heavy (non-hydrogen) atoms. The Morgan fingerprint density at radius 3 is 2.46 bits per heavy atom. The summed E-state index contributed by atoms with van der Waals surface area (Å²) in [7, 11) is 0. The molecule has 0 saturated carbocycles. The summed E-state index contributed by atoms with van der Waals surface area (Å²) in [5, 5.41) is 12.2. The molecule has 1 fully saturated rings. The van der Waals surface area contributed by atoms with Crippen molar-refractivity contribution in [1.29, 1.82) is 0 Å². The monoisotopic (exact) mass is 534 g/mol. The van der Waals surface area contributed by atoms with Crippen LogP contribution in [0.1, 0.15) is 31.0 Å². The molecule has 0 bridgehead atoms. The minimum absolute atomic E-state index is 0.0277. The Kier molecular flexibility index (Phi) is 6.86. The van der Waals surface area contributed by atoms with Gasteiger partial charge >= 0.3 is 5.91 Å². The zero-order chi connectivity index (χ0) is 26.1. The first-order chi connectivity index (χ1) is 17.9. The van der Waals surface area contributed by atoms with Crippen LogP contribution in [0.5, 0.6) is 11.5 Å². The number of fused-ring (bicyclic) bond motifs is 1. The van der Waals surface area contributed by atoms with Gasteiger partial charge in [-0.3, -0.25) is 14.5 Å². The van der Waals surface area contributed by atoms with Gasteiger partial charge in [0.15, 0.2) is 5.13 Å². The Hall–Kier alpha value is -3.88. The molecule has 1 N–H and O–H groups in total. The van der Waals surface area contributed by atoms with Gasteiger partial charge in [0, 0.05) is 10.6 Å². The zero-order valence-corrected chi connectivity index (χ0v) is 21.7. The van der Waals surface area contributed by atoms with E-state index in [-0.39, 0.29) is 11.3 Å². The lowest BCUT2D eigenvalue weighted by molar-refractivity contribution is -0.132. The normalized spacial score (nSPS) is 16.9. The highest BCUT2D eigenvalue weighted by molar-refractivity contribution is 7.22. The molecule has 3 aromatic carbocycles. The van der Waals surface area contributed by atoms with Gasteiger partial charge in [0.2, 0.25) is 0 Å². The molecule has 1 unspecified atom stereocenters. The van der Waals surface area contributed by atoms with E-state index in [0.29, 0.717) is 51.5 Å². The van der Waals surface area contributed by atoms with Crippen LogP contribution in [0.25, 0.3) is 16.0 Å². The number of Topliss-reactive ketones (excluding diaryl/α,β-unsaturated/α-hetero) is 1. The van der Waals surface area contributed by atoms with Crippen LogP contribution in [0.4, 0.5) is 5.13 Å². The fraction of sp³-hybridized carbons (Fsp3) is 0.179. The first kappa shape index (κ1) is 24.8. The number of carbonyl (C=O) groups excluding carboxylic acids is 2. The Labute approximate surface area is 222 Å². The van der Waals surface area contributed by atoms with E-state index >= 15 is 0 Å². The molecule has 1 saturated heterocycles. The summed E-state index contributed by atoms with van der Waals surface area (Å²) in [6.45, 7) is 4.70. The molecular formula is C28H23ClN2O5S. The number of aliphatic hydroxyl groups is 1. The van der Waals surface area contributed by atoms with Crippen LogP contribution < -0.4 is 14.4 Å². The third-order valence-corrected chi connectivity index (χ3v) is 7.17. The number of amides is 1. The number of nitrogens with zero attached hydrogens (tertiary/aromatic N) is 2. The van der Waals surface area contributed by atoms with Crippen molar-refractivity contribution >= 4 is 55.7 Å². The van der Waals surface area contributed by atoms with E-state index in [0.717, 1.165) is 4.70 Å². The molecule has 0 radical (unpaired) electrons. The predicted molar refractivity (Wildman–Crippen MR) is 145 cm³/mol. The van der Waals surface area contributed by atoms with Gasteiger partial charge < -0.3 is 14.6 Å². The van der Waals surface area contributed by atoms with Gasteiger partial charge in [0.25, 0.3) is 5.78 Å². The summed E-state index contributed by atoms with van der Waals surface area (Å²) < 4.78 is 11.9. The van der Waals surface area contributed by atoms with Crippen molar-refractivity contribution in [3.63, 3.8) is 0 Å². The van der Waals surface area contributed by atoms with Crippen LogP contribution in [0.15, 0.2) is 72.3 Å². The van der Waals surface area contributed by atoms with Gasteiger partial charge in [-0.15, -0.1) is 0 Å². The molecule has 1 aromatic heterocycles. The molecular weight excluding hydrogens is 512 g/mol. The molecule has 4 aromatic rings. The summed E-state index contributed by atoms with van der Waals surface area (Å²) in [6.07, 6.45) is 0. The van der Waals surface area contributed by atoms with Gasteiger partial charge in [0.1, 0.15) is 17.3 Å². The average Bonchev–Trinajstić information content (AvgIpc) is 3.42. The third kappa shape index (κ3) is 4.65. The van der Waals surface area contributed by atoms with Gasteiger partial charge in [-0.05, 0) is 74.0 Å². The molecule has 0 aliphatic carbocycles. The van der Waals surface area contributed by atoms with Crippen molar-refractivity contribution in [2.75, 3.05) is 18.1 Å². The van der Waals surface area contributed by atoms with Crippen molar-refractivity contribution in [3.05, 3.63) is 88.5 Å². The van der Waals surface area contributed by atoms with Crippen LogP contribution in [-0.2, 0) is 9.59 Å². The van der Waals surface area contributed by atoms with Crippen LogP contribution in [0.3, 0.4) is 0 Å². The number of ether oxygens (including phenoxy) is 2. The summed E-state index contributed by atoms with van der Waals surface area (Å²) in [5.74, 6) is -0.629. The highest BCUT2D eigenvalue weighted by Gasteiger charge is 2.48. The number of carbonyl (C=O) groups is 2. The first-order valence-electron chi connectivity index (χ1n) is 11.7. The van der Waals surface area contributed by atoms with E-state index < -0.39 is 17.7 Å². The van der Waals surface area contributed by atoms with Crippen LogP contribution in [-0.4, -0.2) is 35.0 Å². The second-order valence-electron chi connectivity index (χ2n) is 8.24. The molecule has 1 atom stereocenters. The number of aliphatic hydroxyl groups excluding tert-OH is 1. The van der Waals surface area contributed by atoms with Crippen LogP contribution in [0.2, 0.25) is 5.02 Å². The molecule has 9 heteroatoms. The molecule has 5 rings (SSSR count). The van der Waals surface area contributed by atoms with Crippen molar-refractivity contribution < 1.29 is 24.2 Å². The van der Waals surface area contributed by atoms with E-state index in [1.165, 1.54) is 16.2 Å². The second kappa shape index (κ2) is 10.2. The summed E-state index contributed by atoms with van der Waals surface area (Å²) in [5.41, 5.74) is 1.62. The minimum atomic E-state index is -0.914. The lowest BCUT2D eigenvalue weighted by Crippen LogP contribution is -2.29. The number of hydrogen-bond donors (Lipinski definition) is 1. The third-order valence-electron chi connectivity index (χ3n) is 5.91. The van der Waals surface area contributed by atoms with Crippen LogP contribution >= 0.6 is 22.9 Å². The smallest absolute Gasteiger partial charge is 0.301 e. The maximum Gasteiger partial charge on any atom is 0.301 e. The summed E-state index contributed by atoms with van der Waals surface area (Å²) in [6, 6.07) is 18.2. The quantitative estimate of drug-likeness (QED) is 0.168. The summed E-state index contributed by atoms with van der Waals surface area (Å²) in [4.78, 5) is 32.8. The number of ketones is 1. The number of aromatic nitrogens is 1. The number of rotatable bonds is 7. The average molecular weight is 535 g/mol. The standard InChI is InChI=1S/C28H23ClN2O5S/c1-3-35-19-11-8-16(9-12-19)25(32)23-24(17-6-5-7-20(14-17)36-4-2)31(27(34)26(23)33)28-30-21-13-10-18(29)15-22(21)37-28/h5-15,24,32H,3-4H2,1-2H3. The fourth-order valence-corrected chi connectivity index (χ4v) is 5.58. The van der Waals surface area contributed by atoms with Gasteiger partial charge in [-0.2, -0.15) is 0 Å². The Balaban J connectivity index is 1.69. The molecule has 7 nitrogen and oxygen atoms in total. The van der Waals surface area contributed by atoms with Crippen molar-refractivity contribution in [2.45, 2.75) is 19.9 Å². The van der Waals surface area contributed by atoms with E-state index in [1.807, 2.05) is 13.8 Å². The van der Waals surface area contributed by atoms with E-state index in [2.05, 4.69) is 4.98 Å². The largest absolute Gasteiger partial charge is 0.507 e. The first-order valence-corrected chi connectivity index (χ1v) is 12.9. The Bertz CT molecular complexity index is 1530. The van der Waals surface area contributed by atoms with Gasteiger partial charge in [-0.1, -0.05) is 35.1 Å². The molecule has 188 valence electrons. The molecule has 0 spiro atoms. The Morgan fingerprint density at radius 1 is 1.00 bits per heavy atom. The lowest BCUT2D eigenvalue weighted by Gasteiger charge is -2.23. The number of halogens is 1. The maximum atomic E-state index is 13.4. The number of thiazole rings is 1. The zero-order valence-electron chi connectivity index (χ0n) is 20.1. The minimum Gasteiger partial charge on any atom is -0.507 e. The lowest BCUT2D eigenvalue weighted by atomic mass is 9.95. The molecule has 1 aliphatic rings. The summed E-state index contributed by atoms with van der Waals surface area (Å²) >= 11 is 7.41. The molecule has 1 amide bonds. The molecule has 1 aliphatic heterocycles. The fourth-order valence-electron chi connectivity index (χ4n) is 4.31. The van der Waals surface area contributed by atoms with Gasteiger partial charge in [0.05, 0.1) is 35.0 Å². The highest BCUT2D eigenvalue weighted by Crippen LogP contribution is 2.45. The van der Waals surface area contributed by atoms with E-state index in [9.17, 15) is 14.7 Å².